The molecule has 27 heavy (non-hydrogen) atoms. The van der Waals surface area contributed by atoms with Gasteiger partial charge in [0.15, 0.2) is 6.10 Å². The lowest BCUT2D eigenvalue weighted by Crippen LogP contribution is -2.56. The summed E-state index contributed by atoms with van der Waals surface area (Å²) in [6, 6.07) is 0. The van der Waals surface area contributed by atoms with Crippen molar-refractivity contribution in [1.29, 1.82) is 0 Å². The first-order valence-corrected chi connectivity index (χ1v) is 10.5. The number of methoxy groups -OCH3 is 1. The second-order valence-electron chi connectivity index (χ2n) is 7.05. The number of unbranched alkanes of at least 4 members (excludes halogenated alkanes) is 6. The van der Waals surface area contributed by atoms with Gasteiger partial charge in [0, 0.05) is 13.7 Å². The number of ether oxygens (including phenoxy) is 4. The van der Waals surface area contributed by atoms with Crippen LogP contribution in [0.2, 0.25) is 0 Å². The Morgan fingerprint density at radius 3 is 2.52 bits per heavy atom. The third-order valence-corrected chi connectivity index (χ3v) is 4.80. The van der Waals surface area contributed by atoms with E-state index in [1.807, 2.05) is 6.08 Å². The molecule has 0 unspecified atom stereocenters. The lowest BCUT2D eigenvalue weighted by molar-refractivity contribution is -0.214. The van der Waals surface area contributed by atoms with E-state index in [1.54, 1.807) is 7.11 Å². The summed E-state index contributed by atoms with van der Waals surface area (Å²) in [6.45, 7) is 5.23. The van der Waals surface area contributed by atoms with Crippen LogP contribution in [0.15, 0.2) is 12.2 Å². The van der Waals surface area contributed by atoms with Gasteiger partial charge in [-0.1, -0.05) is 58.1 Å². The number of allylic oxidation sites excluding steroid dienone is 1. The Kier molecular flexibility index (Phi) is 13.4. The van der Waals surface area contributed by atoms with Crippen LogP contribution in [0.3, 0.4) is 0 Å². The second kappa shape index (κ2) is 15.0. The molecule has 6 heteroatoms. The molecule has 0 aliphatic carbocycles. The summed E-state index contributed by atoms with van der Waals surface area (Å²) in [5.41, 5.74) is 5.43. The van der Waals surface area contributed by atoms with Gasteiger partial charge in [-0.2, -0.15) is 0 Å². The summed E-state index contributed by atoms with van der Waals surface area (Å²) in [7, 11) is 1.62. The van der Waals surface area contributed by atoms with Gasteiger partial charge in [-0.3, -0.25) is 4.79 Å². The molecule has 4 atom stereocenters. The standard InChI is InChI=1S/C21H39NO5/c1-4-6-8-9-10-11-12-13-17-21(27-19(23)15-22)20(24-3)18(16-26-17)25-14-7-5-2/h12-13,17-18,20-21H,4-11,14-16,22H2,1-3H3/t17-,18+,20-,21+/m0/s1. The van der Waals surface area contributed by atoms with Gasteiger partial charge in [0.2, 0.25) is 0 Å². The fourth-order valence-corrected chi connectivity index (χ4v) is 3.20. The number of hydrogen-bond acceptors (Lipinski definition) is 6. The Hall–Kier alpha value is -0.950. The molecular weight excluding hydrogens is 346 g/mol. The van der Waals surface area contributed by atoms with Crippen LogP contribution in [0.1, 0.15) is 65.2 Å². The molecule has 158 valence electrons. The Labute approximate surface area is 164 Å². The number of hydrogen-bond donors (Lipinski definition) is 1. The highest BCUT2D eigenvalue weighted by Gasteiger charge is 2.42. The lowest BCUT2D eigenvalue weighted by Gasteiger charge is -2.40. The summed E-state index contributed by atoms with van der Waals surface area (Å²) in [5.74, 6) is -0.460. The van der Waals surface area contributed by atoms with E-state index < -0.39 is 12.1 Å². The Balaban J connectivity index is 2.64. The summed E-state index contributed by atoms with van der Waals surface area (Å²) in [6.07, 6.45) is 11.8. The van der Waals surface area contributed by atoms with E-state index in [2.05, 4.69) is 19.9 Å². The van der Waals surface area contributed by atoms with E-state index >= 15 is 0 Å². The SMILES string of the molecule is CCCCCCCC=C[C@@H]1OC[C@@H](OCCCC)[C@H](OC)[C@@H]1OC(=O)CN. The molecule has 0 aromatic heterocycles. The van der Waals surface area contributed by atoms with Crippen molar-refractivity contribution in [2.24, 2.45) is 5.73 Å². The van der Waals surface area contributed by atoms with Gasteiger partial charge in [0.05, 0.1) is 13.2 Å². The summed E-state index contributed by atoms with van der Waals surface area (Å²) < 4.78 is 23.0. The molecule has 0 aromatic carbocycles. The molecule has 1 saturated heterocycles. The van der Waals surface area contributed by atoms with Gasteiger partial charge < -0.3 is 24.7 Å². The van der Waals surface area contributed by atoms with Gasteiger partial charge in [0.1, 0.15) is 18.3 Å². The van der Waals surface area contributed by atoms with Gasteiger partial charge >= 0.3 is 5.97 Å². The van der Waals surface area contributed by atoms with E-state index in [9.17, 15) is 4.79 Å². The van der Waals surface area contributed by atoms with Crippen LogP contribution in [-0.2, 0) is 23.7 Å². The molecule has 1 rings (SSSR count). The minimum atomic E-state index is -0.553. The number of carbonyl (C=O) groups is 1. The maximum absolute atomic E-state index is 11.8. The highest BCUT2D eigenvalue weighted by molar-refractivity contribution is 5.71. The van der Waals surface area contributed by atoms with Gasteiger partial charge in [-0.05, 0) is 19.3 Å². The van der Waals surface area contributed by atoms with Crippen LogP contribution in [0.5, 0.6) is 0 Å². The van der Waals surface area contributed by atoms with Crippen molar-refractivity contribution >= 4 is 5.97 Å². The quantitative estimate of drug-likeness (QED) is 0.280. The molecule has 0 radical (unpaired) electrons. The Morgan fingerprint density at radius 1 is 1.11 bits per heavy atom. The van der Waals surface area contributed by atoms with Crippen molar-refractivity contribution < 1.29 is 23.7 Å². The topological polar surface area (TPSA) is 80.0 Å². The van der Waals surface area contributed by atoms with Crippen molar-refractivity contribution in [2.45, 2.75) is 89.6 Å². The second-order valence-corrected chi connectivity index (χ2v) is 7.05. The molecule has 6 nitrogen and oxygen atoms in total. The van der Waals surface area contributed by atoms with Crippen molar-refractivity contribution in [1.82, 2.24) is 0 Å². The first kappa shape index (κ1) is 24.1. The highest BCUT2D eigenvalue weighted by atomic mass is 16.6. The maximum Gasteiger partial charge on any atom is 0.320 e. The van der Waals surface area contributed by atoms with E-state index in [4.69, 9.17) is 24.7 Å². The van der Waals surface area contributed by atoms with Crippen molar-refractivity contribution in [2.75, 3.05) is 26.9 Å². The fraction of sp³-hybridized carbons (Fsp3) is 0.857. The molecule has 1 fully saturated rings. The molecule has 0 aromatic rings. The minimum Gasteiger partial charge on any atom is -0.455 e. The van der Waals surface area contributed by atoms with E-state index in [0.717, 1.165) is 25.7 Å². The van der Waals surface area contributed by atoms with Crippen molar-refractivity contribution in [3.8, 4) is 0 Å². The lowest BCUT2D eigenvalue weighted by atomic mass is 9.98. The molecule has 1 aliphatic heterocycles. The first-order valence-electron chi connectivity index (χ1n) is 10.5. The van der Waals surface area contributed by atoms with Gasteiger partial charge in [-0.25, -0.2) is 0 Å². The largest absolute Gasteiger partial charge is 0.455 e. The van der Waals surface area contributed by atoms with Crippen molar-refractivity contribution in [3.05, 3.63) is 12.2 Å². The number of esters is 1. The number of nitrogens with two attached hydrogens (primary N) is 1. The van der Waals surface area contributed by atoms with Crippen LogP contribution < -0.4 is 5.73 Å². The summed E-state index contributed by atoms with van der Waals surface area (Å²) in [5, 5.41) is 0. The Morgan fingerprint density at radius 2 is 1.85 bits per heavy atom. The van der Waals surface area contributed by atoms with Gasteiger partial charge in [0.25, 0.3) is 0 Å². The molecule has 0 saturated carbocycles. The van der Waals surface area contributed by atoms with E-state index in [0.29, 0.717) is 13.2 Å². The zero-order valence-corrected chi connectivity index (χ0v) is 17.4. The fourth-order valence-electron chi connectivity index (χ4n) is 3.20. The van der Waals surface area contributed by atoms with Crippen LogP contribution in [0.4, 0.5) is 0 Å². The zero-order chi connectivity index (χ0) is 19.9. The smallest absolute Gasteiger partial charge is 0.320 e. The molecule has 0 spiro atoms. The molecule has 1 aliphatic rings. The molecule has 1 heterocycles. The molecule has 0 bridgehead atoms. The molecular formula is C21H39NO5. The van der Waals surface area contributed by atoms with E-state index in [1.165, 1.54) is 25.7 Å². The predicted octanol–water partition coefficient (Wildman–Crippen LogP) is 3.37. The van der Waals surface area contributed by atoms with Crippen LogP contribution >= 0.6 is 0 Å². The minimum absolute atomic E-state index is 0.165. The maximum atomic E-state index is 11.8. The van der Waals surface area contributed by atoms with Crippen LogP contribution in [0.25, 0.3) is 0 Å². The van der Waals surface area contributed by atoms with Gasteiger partial charge in [-0.15, -0.1) is 0 Å². The number of carbonyl (C=O) groups excluding carboxylic acids is 1. The van der Waals surface area contributed by atoms with E-state index in [-0.39, 0.29) is 24.9 Å². The predicted molar refractivity (Wildman–Crippen MR) is 107 cm³/mol. The average molecular weight is 386 g/mol. The molecule has 0 amide bonds. The Bertz CT molecular complexity index is 415. The average Bonchev–Trinajstić information content (AvgIpc) is 2.68. The summed E-state index contributed by atoms with van der Waals surface area (Å²) in [4.78, 5) is 11.8. The highest BCUT2D eigenvalue weighted by Crippen LogP contribution is 2.25. The third kappa shape index (κ3) is 9.19. The summed E-state index contributed by atoms with van der Waals surface area (Å²) >= 11 is 0. The van der Waals surface area contributed by atoms with Crippen molar-refractivity contribution in [3.63, 3.8) is 0 Å². The monoisotopic (exact) mass is 385 g/mol. The zero-order valence-electron chi connectivity index (χ0n) is 17.4. The molecule has 2 N–H and O–H groups in total. The van der Waals surface area contributed by atoms with Crippen LogP contribution in [0, 0.1) is 0 Å². The normalized spacial score (nSPS) is 25.8. The van der Waals surface area contributed by atoms with Crippen LogP contribution in [-0.4, -0.2) is 57.3 Å². The first-order chi connectivity index (χ1) is 13.2. The number of rotatable bonds is 14. The third-order valence-electron chi connectivity index (χ3n) is 4.80.